The van der Waals surface area contributed by atoms with Crippen molar-refractivity contribution in [2.75, 3.05) is 26.0 Å². The highest BCUT2D eigenvalue weighted by atomic mass is 16.5. The molecule has 27 heavy (non-hydrogen) atoms. The summed E-state index contributed by atoms with van der Waals surface area (Å²) in [5.41, 5.74) is 7.19. The number of carbonyl (C=O) groups excluding carboxylic acids is 1. The van der Waals surface area contributed by atoms with Gasteiger partial charge in [-0.3, -0.25) is 14.6 Å². The fourth-order valence-electron chi connectivity index (χ4n) is 3.61. The molecule has 7 heteroatoms. The van der Waals surface area contributed by atoms with Gasteiger partial charge in [-0.2, -0.15) is 0 Å². The molecule has 1 amide bonds. The van der Waals surface area contributed by atoms with Gasteiger partial charge < -0.3 is 15.4 Å². The van der Waals surface area contributed by atoms with Crippen molar-refractivity contribution in [1.82, 2.24) is 14.9 Å². The number of hydrogen-bond acceptors (Lipinski definition) is 5. The van der Waals surface area contributed by atoms with Crippen molar-refractivity contribution in [3.63, 3.8) is 0 Å². The first-order valence-electron chi connectivity index (χ1n) is 9.35. The number of aromatic amines is 1. The summed E-state index contributed by atoms with van der Waals surface area (Å²) in [6, 6.07) is 8.85. The third-order valence-corrected chi connectivity index (χ3v) is 4.96. The van der Waals surface area contributed by atoms with Gasteiger partial charge in [0.05, 0.1) is 5.69 Å². The summed E-state index contributed by atoms with van der Waals surface area (Å²) in [5.74, 6) is 0.131. The van der Waals surface area contributed by atoms with Gasteiger partial charge >= 0.3 is 0 Å². The standard InChI is InChI=1S/C20H26N4O3/c1-27-12-4-6-16-5-2-3-11-24(16)19(26)15-9-7-14(8-10-15)17-13-18(25)23-20(21)22-17/h7-10,13,16H,2-6,11-12H2,1H3,(H3,21,22,23,25)/t16-/m1/s1. The summed E-state index contributed by atoms with van der Waals surface area (Å²) in [7, 11) is 1.70. The fraction of sp³-hybridized carbons (Fsp3) is 0.450. The van der Waals surface area contributed by atoms with Gasteiger partial charge in [-0.25, -0.2) is 4.98 Å². The van der Waals surface area contributed by atoms with Crippen LogP contribution in [0.15, 0.2) is 35.1 Å². The van der Waals surface area contributed by atoms with Crippen LogP contribution in [0.3, 0.4) is 0 Å². The zero-order valence-corrected chi connectivity index (χ0v) is 15.6. The predicted octanol–water partition coefficient (Wildman–Crippen LogP) is 2.44. The number of nitrogens with one attached hydrogen (secondary N) is 1. The molecule has 0 spiro atoms. The Bertz CT molecular complexity index is 832. The fourth-order valence-corrected chi connectivity index (χ4v) is 3.61. The van der Waals surface area contributed by atoms with Crippen molar-refractivity contribution < 1.29 is 9.53 Å². The largest absolute Gasteiger partial charge is 0.385 e. The SMILES string of the molecule is COCCC[C@H]1CCCCN1C(=O)c1ccc(-c2cc(=O)[nH]c(N)n2)cc1. The summed E-state index contributed by atoms with van der Waals surface area (Å²) in [4.78, 5) is 33.1. The van der Waals surface area contributed by atoms with Crippen molar-refractivity contribution in [1.29, 1.82) is 0 Å². The van der Waals surface area contributed by atoms with Crippen LogP contribution in [0.4, 0.5) is 5.95 Å². The van der Waals surface area contributed by atoms with E-state index in [1.165, 1.54) is 6.07 Å². The van der Waals surface area contributed by atoms with E-state index in [2.05, 4.69) is 9.97 Å². The molecule has 0 radical (unpaired) electrons. The number of nitrogen functional groups attached to an aromatic ring is 1. The smallest absolute Gasteiger partial charge is 0.254 e. The number of methoxy groups -OCH3 is 1. The number of carbonyl (C=O) groups is 1. The second-order valence-corrected chi connectivity index (χ2v) is 6.88. The highest BCUT2D eigenvalue weighted by Crippen LogP contribution is 2.24. The number of aromatic nitrogens is 2. The molecule has 1 aliphatic rings. The molecule has 1 aromatic carbocycles. The lowest BCUT2D eigenvalue weighted by Gasteiger charge is -2.36. The number of nitrogens with two attached hydrogens (primary N) is 1. The van der Waals surface area contributed by atoms with Gasteiger partial charge in [-0.15, -0.1) is 0 Å². The zero-order chi connectivity index (χ0) is 19.2. The molecule has 0 unspecified atom stereocenters. The van der Waals surface area contributed by atoms with Crippen molar-refractivity contribution in [2.45, 2.75) is 38.1 Å². The number of rotatable bonds is 6. The van der Waals surface area contributed by atoms with E-state index in [0.717, 1.165) is 50.8 Å². The topological polar surface area (TPSA) is 101 Å². The Balaban J connectivity index is 1.75. The summed E-state index contributed by atoms with van der Waals surface area (Å²) < 4.78 is 5.14. The second kappa shape index (κ2) is 8.81. The maximum Gasteiger partial charge on any atom is 0.254 e. The monoisotopic (exact) mass is 370 g/mol. The van der Waals surface area contributed by atoms with Gasteiger partial charge in [0.1, 0.15) is 0 Å². The van der Waals surface area contributed by atoms with E-state index in [0.29, 0.717) is 11.3 Å². The first-order chi connectivity index (χ1) is 13.1. The molecule has 3 rings (SSSR count). The molecule has 1 aliphatic heterocycles. The molecule has 0 aliphatic carbocycles. The maximum absolute atomic E-state index is 13.0. The minimum atomic E-state index is -0.301. The summed E-state index contributed by atoms with van der Waals surface area (Å²) >= 11 is 0. The van der Waals surface area contributed by atoms with Crippen LogP contribution in [-0.4, -0.2) is 47.1 Å². The van der Waals surface area contributed by atoms with Gasteiger partial charge in [0, 0.05) is 43.5 Å². The van der Waals surface area contributed by atoms with Crippen molar-refractivity contribution in [2.24, 2.45) is 0 Å². The van der Waals surface area contributed by atoms with E-state index in [1.54, 1.807) is 31.4 Å². The molecular formula is C20H26N4O3. The molecule has 144 valence electrons. The Morgan fingerprint density at radius 3 is 2.81 bits per heavy atom. The van der Waals surface area contributed by atoms with Gasteiger partial charge in [0.25, 0.3) is 11.5 Å². The minimum Gasteiger partial charge on any atom is -0.385 e. The summed E-state index contributed by atoms with van der Waals surface area (Å²) in [6.45, 7) is 1.52. The second-order valence-electron chi connectivity index (χ2n) is 6.88. The van der Waals surface area contributed by atoms with Crippen LogP contribution in [0.2, 0.25) is 0 Å². The Morgan fingerprint density at radius 1 is 1.33 bits per heavy atom. The van der Waals surface area contributed by atoms with Gasteiger partial charge in [-0.1, -0.05) is 12.1 Å². The summed E-state index contributed by atoms with van der Waals surface area (Å²) in [5, 5.41) is 0. The van der Waals surface area contributed by atoms with Gasteiger partial charge in [0.2, 0.25) is 5.95 Å². The average Bonchev–Trinajstić information content (AvgIpc) is 2.67. The van der Waals surface area contributed by atoms with Crippen molar-refractivity contribution >= 4 is 11.9 Å². The van der Waals surface area contributed by atoms with Crippen molar-refractivity contribution in [3.8, 4) is 11.3 Å². The molecule has 0 bridgehead atoms. The van der Waals surface area contributed by atoms with E-state index in [4.69, 9.17) is 10.5 Å². The molecular weight excluding hydrogens is 344 g/mol. The predicted molar refractivity (Wildman–Crippen MR) is 104 cm³/mol. The summed E-state index contributed by atoms with van der Waals surface area (Å²) in [6.07, 6.45) is 5.17. The van der Waals surface area contributed by atoms with Crippen LogP contribution in [0.25, 0.3) is 11.3 Å². The molecule has 1 saturated heterocycles. The highest BCUT2D eigenvalue weighted by molar-refractivity contribution is 5.95. The Kier molecular flexibility index (Phi) is 6.24. The number of ether oxygens (including phenoxy) is 1. The van der Waals surface area contributed by atoms with Crippen LogP contribution in [-0.2, 0) is 4.74 Å². The van der Waals surface area contributed by atoms with Crippen LogP contribution in [0.5, 0.6) is 0 Å². The first-order valence-corrected chi connectivity index (χ1v) is 9.35. The van der Waals surface area contributed by atoms with Gasteiger partial charge in [0.15, 0.2) is 0 Å². The Labute approximate surface area is 158 Å². The number of amides is 1. The number of nitrogens with zero attached hydrogens (tertiary/aromatic N) is 2. The average molecular weight is 370 g/mol. The van der Waals surface area contributed by atoms with E-state index >= 15 is 0 Å². The van der Waals surface area contributed by atoms with E-state index in [-0.39, 0.29) is 23.5 Å². The zero-order valence-electron chi connectivity index (χ0n) is 15.6. The van der Waals surface area contributed by atoms with Crippen LogP contribution >= 0.6 is 0 Å². The molecule has 1 fully saturated rings. The van der Waals surface area contributed by atoms with Crippen LogP contribution < -0.4 is 11.3 Å². The molecule has 2 heterocycles. The molecule has 2 aromatic rings. The third kappa shape index (κ3) is 4.74. The molecule has 7 nitrogen and oxygen atoms in total. The number of benzene rings is 1. The number of H-pyrrole nitrogens is 1. The minimum absolute atomic E-state index is 0.0575. The quantitative estimate of drug-likeness (QED) is 0.761. The molecule has 1 atom stereocenters. The maximum atomic E-state index is 13.0. The lowest BCUT2D eigenvalue weighted by Crippen LogP contribution is -2.43. The molecule has 0 saturated carbocycles. The van der Waals surface area contributed by atoms with Crippen LogP contribution in [0, 0.1) is 0 Å². The highest BCUT2D eigenvalue weighted by Gasteiger charge is 2.27. The lowest BCUT2D eigenvalue weighted by molar-refractivity contribution is 0.0585. The van der Waals surface area contributed by atoms with Crippen molar-refractivity contribution in [3.05, 3.63) is 46.2 Å². The van der Waals surface area contributed by atoms with Crippen LogP contribution in [0.1, 0.15) is 42.5 Å². The number of piperidine rings is 1. The Morgan fingerprint density at radius 2 is 2.11 bits per heavy atom. The number of likely N-dealkylation sites (tertiary alicyclic amines) is 1. The van der Waals surface area contributed by atoms with E-state index < -0.39 is 0 Å². The van der Waals surface area contributed by atoms with E-state index in [1.807, 2.05) is 4.90 Å². The van der Waals surface area contributed by atoms with E-state index in [9.17, 15) is 9.59 Å². The lowest BCUT2D eigenvalue weighted by atomic mass is 9.96. The number of anilines is 1. The molecule has 3 N–H and O–H groups in total. The third-order valence-electron chi connectivity index (χ3n) is 4.96. The normalized spacial score (nSPS) is 17.1. The number of hydrogen-bond donors (Lipinski definition) is 2. The molecule has 1 aromatic heterocycles. The Hall–Kier alpha value is -2.67. The van der Waals surface area contributed by atoms with Gasteiger partial charge in [-0.05, 0) is 44.2 Å². The first kappa shape index (κ1) is 19.1.